The van der Waals surface area contributed by atoms with Crippen LogP contribution in [0.2, 0.25) is 0 Å². The zero-order valence-electron chi connectivity index (χ0n) is 22.9. The Bertz CT molecular complexity index is 1180. The molecular weight excluding hydrogens is 480 g/mol. The van der Waals surface area contributed by atoms with Gasteiger partial charge in [-0.15, -0.1) is 0 Å². The normalized spacial score (nSPS) is 12.2. The van der Waals surface area contributed by atoms with Crippen LogP contribution in [0.5, 0.6) is 17.2 Å². The number of methoxy groups -OCH3 is 2. The molecule has 1 N–H and O–H groups in total. The van der Waals surface area contributed by atoms with Crippen molar-refractivity contribution in [2.45, 2.75) is 52.2 Å². The lowest BCUT2D eigenvalue weighted by molar-refractivity contribution is -0.143. The SMILES string of the molecule is CC[C@@H](C)NC(=O)[C@H](Cc1ccccc1)N(Cc1ccccc1C)C(=O)COc1cc(OC)cc(OC)c1. The first-order chi connectivity index (χ1) is 18.3. The quantitative estimate of drug-likeness (QED) is 0.347. The van der Waals surface area contributed by atoms with Crippen LogP contribution in [0.15, 0.2) is 72.8 Å². The van der Waals surface area contributed by atoms with E-state index in [1.807, 2.05) is 75.4 Å². The van der Waals surface area contributed by atoms with Crippen molar-refractivity contribution in [2.75, 3.05) is 20.8 Å². The highest BCUT2D eigenvalue weighted by molar-refractivity contribution is 5.88. The fourth-order valence-corrected chi connectivity index (χ4v) is 4.06. The second kappa shape index (κ2) is 14.1. The molecule has 0 aliphatic heterocycles. The molecule has 3 rings (SSSR count). The number of nitrogens with zero attached hydrogens (tertiary/aromatic N) is 1. The fraction of sp³-hybridized carbons (Fsp3) is 0.355. The molecule has 0 aromatic heterocycles. The molecule has 0 fully saturated rings. The van der Waals surface area contributed by atoms with Crippen molar-refractivity contribution in [3.63, 3.8) is 0 Å². The van der Waals surface area contributed by atoms with Gasteiger partial charge < -0.3 is 24.4 Å². The van der Waals surface area contributed by atoms with E-state index in [1.165, 1.54) is 0 Å². The van der Waals surface area contributed by atoms with Crippen LogP contribution in [0, 0.1) is 6.92 Å². The molecule has 0 spiro atoms. The fourth-order valence-electron chi connectivity index (χ4n) is 4.06. The molecule has 202 valence electrons. The van der Waals surface area contributed by atoms with Crippen LogP contribution in [0.3, 0.4) is 0 Å². The lowest BCUT2D eigenvalue weighted by atomic mass is 10.0. The monoisotopic (exact) mass is 518 g/mol. The number of hydrogen-bond donors (Lipinski definition) is 1. The van der Waals surface area contributed by atoms with Crippen molar-refractivity contribution in [2.24, 2.45) is 0 Å². The maximum Gasteiger partial charge on any atom is 0.261 e. The Morgan fingerprint density at radius 3 is 2.11 bits per heavy atom. The van der Waals surface area contributed by atoms with Crippen molar-refractivity contribution in [1.82, 2.24) is 10.2 Å². The first-order valence-corrected chi connectivity index (χ1v) is 12.9. The number of ether oxygens (including phenoxy) is 3. The average molecular weight is 519 g/mol. The highest BCUT2D eigenvalue weighted by atomic mass is 16.5. The van der Waals surface area contributed by atoms with Gasteiger partial charge in [-0.3, -0.25) is 9.59 Å². The minimum absolute atomic E-state index is 0.0170. The third-order valence-corrected chi connectivity index (χ3v) is 6.56. The van der Waals surface area contributed by atoms with Gasteiger partial charge in [0.25, 0.3) is 5.91 Å². The van der Waals surface area contributed by atoms with E-state index >= 15 is 0 Å². The van der Waals surface area contributed by atoms with Crippen molar-refractivity contribution in [3.8, 4) is 17.2 Å². The predicted octanol–water partition coefficient (Wildman–Crippen LogP) is 4.95. The van der Waals surface area contributed by atoms with Crippen molar-refractivity contribution < 1.29 is 23.8 Å². The highest BCUT2D eigenvalue weighted by Crippen LogP contribution is 2.27. The minimum atomic E-state index is -0.720. The van der Waals surface area contributed by atoms with Crippen LogP contribution >= 0.6 is 0 Å². The Labute approximate surface area is 225 Å². The lowest BCUT2D eigenvalue weighted by Crippen LogP contribution is -2.53. The number of rotatable bonds is 13. The van der Waals surface area contributed by atoms with Gasteiger partial charge in [0.05, 0.1) is 14.2 Å². The Balaban J connectivity index is 1.94. The van der Waals surface area contributed by atoms with E-state index in [1.54, 1.807) is 37.3 Å². The van der Waals surface area contributed by atoms with E-state index in [2.05, 4.69) is 5.32 Å². The summed E-state index contributed by atoms with van der Waals surface area (Å²) in [6.07, 6.45) is 1.17. The van der Waals surface area contributed by atoms with Gasteiger partial charge in [0.15, 0.2) is 6.61 Å². The average Bonchev–Trinajstić information content (AvgIpc) is 2.94. The van der Waals surface area contributed by atoms with Crippen LogP contribution in [0.4, 0.5) is 0 Å². The zero-order chi connectivity index (χ0) is 27.5. The number of hydrogen-bond acceptors (Lipinski definition) is 5. The van der Waals surface area contributed by atoms with E-state index in [4.69, 9.17) is 14.2 Å². The Morgan fingerprint density at radius 1 is 0.895 bits per heavy atom. The molecule has 7 nitrogen and oxygen atoms in total. The van der Waals surface area contributed by atoms with E-state index in [0.29, 0.717) is 23.7 Å². The maximum absolute atomic E-state index is 13.8. The third-order valence-electron chi connectivity index (χ3n) is 6.56. The van der Waals surface area contributed by atoms with Gasteiger partial charge in [0.2, 0.25) is 5.91 Å². The molecule has 0 aliphatic carbocycles. The zero-order valence-corrected chi connectivity index (χ0v) is 22.9. The third kappa shape index (κ3) is 8.00. The maximum atomic E-state index is 13.8. The molecule has 0 heterocycles. The van der Waals surface area contributed by atoms with Gasteiger partial charge in [0.1, 0.15) is 23.3 Å². The molecule has 0 unspecified atom stereocenters. The summed E-state index contributed by atoms with van der Waals surface area (Å²) in [4.78, 5) is 29.0. The molecular formula is C31H38N2O5. The van der Waals surface area contributed by atoms with E-state index in [9.17, 15) is 9.59 Å². The van der Waals surface area contributed by atoms with Gasteiger partial charge in [-0.1, -0.05) is 61.5 Å². The summed E-state index contributed by atoms with van der Waals surface area (Å²) in [5.74, 6) is 1.06. The van der Waals surface area contributed by atoms with Crippen LogP contribution < -0.4 is 19.5 Å². The molecule has 0 aliphatic rings. The first-order valence-electron chi connectivity index (χ1n) is 12.9. The van der Waals surface area contributed by atoms with Crippen molar-refractivity contribution in [1.29, 1.82) is 0 Å². The van der Waals surface area contributed by atoms with Crippen molar-refractivity contribution in [3.05, 3.63) is 89.5 Å². The van der Waals surface area contributed by atoms with Gasteiger partial charge in [-0.05, 0) is 37.0 Å². The van der Waals surface area contributed by atoms with E-state index in [0.717, 1.165) is 23.1 Å². The summed E-state index contributed by atoms with van der Waals surface area (Å²) in [6, 6.07) is 22.0. The topological polar surface area (TPSA) is 77.1 Å². The summed E-state index contributed by atoms with van der Waals surface area (Å²) < 4.78 is 16.5. The van der Waals surface area contributed by atoms with E-state index < -0.39 is 6.04 Å². The number of benzene rings is 3. The Kier molecular flexibility index (Phi) is 10.6. The molecule has 0 bridgehead atoms. The second-order valence-electron chi connectivity index (χ2n) is 9.31. The van der Waals surface area contributed by atoms with Crippen LogP contribution in [0.25, 0.3) is 0 Å². The predicted molar refractivity (Wildman–Crippen MR) is 149 cm³/mol. The first kappa shape index (κ1) is 28.6. The molecule has 0 saturated carbocycles. The molecule has 2 atom stereocenters. The molecule has 7 heteroatoms. The van der Waals surface area contributed by atoms with Gasteiger partial charge in [-0.25, -0.2) is 0 Å². The van der Waals surface area contributed by atoms with Crippen LogP contribution in [-0.2, 0) is 22.6 Å². The van der Waals surface area contributed by atoms with Gasteiger partial charge >= 0.3 is 0 Å². The summed E-state index contributed by atoms with van der Waals surface area (Å²) in [6.45, 7) is 6.02. The minimum Gasteiger partial charge on any atom is -0.496 e. The number of carbonyl (C=O) groups excluding carboxylic acids is 2. The second-order valence-corrected chi connectivity index (χ2v) is 9.31. The van der Waals surface area contributed by atoms with Gasteiger partial charge in [0, 0.05) is 37.2 Å². The molecule has 0 saturated heterocycles. The largest absolute Gasteiger partial charge is 0.496 e. The summed E-state index contributed by atoms with van der Waals surface area (Å²) in [5, 5.41) is 3.08. The molecule has 38 heavy (non-hydrogen) atoms. The summed E-state index contributed by atoms with van der Waals surface area (Å²) in [5.41, 5.74) is 2.99. The van der Waals surface area contributed by atoms with E-state index in [-0.39, 0.29) is 31.0 Å². The van der Waals surface area contributed by atoms with Crippen molar-refractivity contribution >= 4 is 11.8 Å². The Hall–Kier alpha value is -4.00. The molecule has 3 aromatic rings. The molecule has 0 radical (unpaired) electrons. The molecule has 3 aromatic carbocycles. The van der Waals surface area contributed by atoms with Crippen LogP contribution in [-0.4, -0.2) is 49.6 Å². The Morgan fingerprint density at radius 2 is 1.50 bits per heavy atom. The summed E-state index contributed by atoms with van der Waals surface area (Å²) >= 11 is 0. The number of nitrogens with one attached hydrogen (secondary N) is 1. The van der Waals surface area contributed by atoms with Crippen LogP contribution in [0.1, 0.15) is 37.0 Å². The molecule has 2 amide bonds. The standard InChI is InChI=1S/C31H38N2O5/c1-6-23(3)32-31(35)29(16-24-13-8-7-9-14-24)33(20-25-15-11-10-12-22(25)2)30(34)21-38-28-18-26(36-4)17-27(19-28)37-5/h7-15,17-19,23,29H,6,16,20-21H2,1-5H3,(H,32,35)/t23-,29+/m1/s1. The number of aryl methyl sites for hydroxylation is 1. The number of amides is 2. The lowest BCUT2D eigenvalue weighted by Gasteiger charge is -2.32. The summed E-state index contributed by atoms with van der Waals surface area (Å²) in [7, 11) is 3.11. The number of carbonyl (C=O) groups is 2. The van der Waals surface area contributed by atoms with Gasteiger partial charge in [-0.2, -0.15) is 0 Å². The smallest absolute Gasteiger partial charge is 0.261 e. The highest BCUT2D eigenvalue weighted by Gasteiger charge is 2.31.